The third kappa shape index (κ3) is 2.13. The van der Waals surface area contributed by atoms with E-state index in [4.69, 9.17) is 10.5 Å². The number of fused-ring (bicyclic) bond motifs is 2. The van der Waals surface area contributed by atoms with Gasteiger partial charge in [-0.25, -0.2) is 0 Å². The maximum atomic E-state index is 11.3. The molecule has 0 aliphatic heterocycles. The Balaban J connectivity index is 2.02. The summed E-state index contributed by atoms with van der Waals surface area (Å²) >= 11 is 0. The molecule has 1 aromatic rings. The third-order valence-corrected chi connectivity index (χ3v) is 5.45. The zero-order chi connectivity index (χ0) is 15.1. The van der Waals surface area contributed by atoms with Crippen molar-refractivity contribution in [1.29, 1.82) is 0 Å². The van der Waals surface area contributed by atoms with Gasteiger partial charge >= 0.3 is 0 Å². The molecule has 0 aromatic heterocycles. The number of primary amides is 1. The van der Waals surface area contributed by atoms with Crippen molar-refractivity contribution in [1.82, 2.24) is 0 Å². The van der Waals surface area contributed by atoms with E-state index >= 15 is 0 Å². The van der Waals surface area contributed by atoms with E-state index in [0.29, 0.717) is 12.8 Å². The SMILES string of the molecule is COc1ccc2c(c1)C1(CCCC1)C(O)(CCC(N)=O)C2. The van der Waals surface area contributed by atoms with E-state index in [1.807, 2.05) is 6.07 Å². The monoisotopic (exact) mass is 289 g/mol. The first-order valence-corrected chi connectivity index (χ1v) is 7.69. The Morgan fingerprint density at radius 3 is 2.71 bits per heavy atom. The molecule has 3 rings (SSSR count). The van der Waals surface area contributed by atoms with Crippen LogP contribution in [0.1, 0.15) is 49.7 Å². The van der Waals surface area contributed by atoms with Crippen LogP contribution in [0.2, 0.25) is 0 Å². The molecule has 1 unspecified atom stereocenters. The van der Waals surface area contributed by atoms with E-state index in [1.54, 1.807) is 7.11 Å². The number of hydrogen-bond donors (Lipinski definition) is 2. The molecule has 0 heterocycles. The first-order chi connectivity index (χ1) is 10.0. The summed E-state index contributed by atoms with van der Waals surface area (Å²) in [6, 6.07) is 6.07. The Bertz CT molecular complexity index is 563. The van der Waals surface area contributed by atoms with Crippen LogP contribution in [0.3, 0.4) is 0 Å². The number of aliphatic hydroxyl groups is 1. The number of carbonyl (C=O) groups is 1. The Labute approximate surface area is 125 Å². The molecule has 21 heavy (non-hydrogen) atoms. The van der Waals surface area contributed by atoms with Crippen molar-refractivity contribution in [2.24, 2.45) is 5.73 Å². The first-order valence-electron chi connectivity index (χ1n) is 7.69. The van der Waals surface area contributed by atoms with Gasteiger partial charge in [0.15, 0.2) is 0 Å². The van der Waals surface area contributed by atoms with Crippen molar-refractivity contribution >= 4 is 5.91 Å². The summed E-state index contributed by atoms with van der Waals surface area (Å²) in [6.45, 7) is 0. The van der Waals surface area contributed by atoms with Crippen molar-refractivity contribution in [2.75, 3.05) is 7.11 Å². The lowest BCUT2D eigenvalue weighted by Crippen LogP contribution is -2.47. The molecule has 0 saturated heterocycles. The van der Waals surface area contributed by atoms with Gasteiger partial charge in [0.1, 0.15) is 5.75 Å². The van der Waals surface area contributed by atoms with E-state index in [9.17, 15) is 9.90 Å². The molecule has 0 bridgehead atoms. The summed E-state index contributed by atoms with van der Waals surface area (Å²) < 4.78 is 5.35. The van der Waals surface area contributed by atoms with Crippen LogP contribution in [0.4, 0.5) is 0 Å². The molecule has 114 valence electrons. The summed E-state index contributed by atoms with van der Waals surface area (Å²) in [4.78, 5) is 11.2. The fourth-order valence-electron chi connectivity index (χ4n) is 4.39. The number of rotatable bonds is 4. The largest absolute Gasteiger partial charge is 0.497 e. The van der Waals surface area contributed by atoms with E-state index in [1.165, 1.54) is 11.1 Å². The zero-order valence-corrected chi connectivity index (χ0v) is 12.5. The average Bonchev–Trinajstić information content (AvgIpc) is 3.04. The van der Waals surface area contributed by atoms with Crippen LogP contribution in [-0.4, -0.2) is 23.7 Å². The van der Waals surface area contributed by atoms with E-state index in [2.05, 4.69) is 12.1 Å². The molecule has 4 heteroatoms. The van der Waals surface area contributed by atoms with Crippen LogP contribution in [-0.2, 0) is 16.6 Å². The number of carbonyl (C=O) groups excluding carboxylic acids is 1. The molecule has 2 aliphatic rings. The van der Waals surface area contributed by atoms with Gasteiger partial charge in [0.2, 0.25) is 5.91 Å². The third-order valence-electron chi connectivity index (χ3n) is 5.45. The molecule has 1 aromatic carbocycles. The predicted octanol–water partition coefficient (Wildman–Crippen LogP) is 2.06. The molecule has 0 radical (unpaired) electrons. The van der Waals surface area contributed by atoms with Crippen molar-refractivity contribution in [3.63, 3.8) is 0 Å². The van der Waals surface area contributed by atoms with Gasteiger partial charge in [0, 0.05) is 18.3 Å². The second-order valence-corrected chi connectivity index (χ2v) is 6.49. The topological polar surface area (TPSA) is 72.6 Å². The lowest BCUT2D eigenvalue weighted by atomic mass is 9.68. The minimum absolute atomic E-state index is 0.230. The maximum absolute atomic E-state index is 11.3. The first kappa shape index (κ1) is 14.4. The fourth-order valence-corrected chi connectivity index (χ4v) is 4.39. The van der Waals surface area contributed by atoms with Gasteiger partial charge in [-0.15, -0.1) is 0 Å². The quantitative estimate of drug-likeness (QED) is 0.891. The van der Waals surface area contributed by atoms with Crippen molar-refractivity contribution in [3.8, 4) is 5.75 Å². The van der Waals surface area contributed by atoms with Gasteiger partial charge in [0.25, 0.3) is 0 Å². The molecule has 1 spiro atoms. The number of amides is 1. The fraction of sp³-hybridized carbons (Fsp3) is 0.588. The molecule has 1 fully saturated rings. The van der Waals surface area contributed by atoms with Crippen LogP contribution in [0.25, 0.3) is 0 Å². The summed E-state index contributed by atoms with van der Waals surface area (Å²) in [7, 11) is 1.66. The van der Waals surface area contributed by atoms with Crippen molar-refractivity contribution in [2.45, 2.75) is 56.0 Å². The predicted molar refractivity (Wildman–Crippen MR) is 80.2 cm³/mol. The summed E-state index contributed by atoms with van der Waals surface area (Å²) in [5.74, 6) is 0.490. The van der Waals surface area contributed by atoms with E-state index < -0.39 is 5.60 Å². The molecule has 1 saturated carbocycles. The highest BCUT2D eigenvalue weighted by Gasteiger charge is 2.57. The van der Waals surface area contributed by atoms with E-state index in [-0.39, 0.29) is 17.7 Å². The molecule has 3 N–H and O–H groups in total. The van der Waals surface area contributed by atoms with Gasteiger partial charge < -0.3 is 15.6 Å². The number of nitrogens with two attached hydrogens (primary N) is 1. The highest BCUT2D eigenvalue weighted by Crippen LogP contribution is 2.57. The van der Waals surface area contributed by atoms with Gasteiger partial charge in [-0.3, -0.25) is 4.79 Å². The standard InChI is InChI=1S/C17H23NO3/c1-21-13-5-4-12-11-17(20,9-6-15(18)19)16(14(12)10-13)7-2-3-8-16/h4-5,10,20H,2-3,6-9,11H2,1H3,(H2,18,19). The van der Waals surface area contributed by atoms with Crippen LogP contribution in [0, 0.1) is 0 Å². The summed E-state index contributed by atoms with van der Waals surface area (Å²) in [6.07, 6.45) is 5.48. The molecule has 2 aliphatic carbocycles. The van der Waals surface area contributed by atoms with Crippen LogP contribution in [0.15, 0.2) is 18.2 Å². The van der Waals surface area contributed by atoms with Crippen LogP contribution in [0.5, 0.6) is 5.75 Å². The summed E-state index contributed by atoms with van der Waals surface area (Å²) in [5, 5.41) is 11.3. The van der Waals surface area contributed by atoms with Crippen LogP contribution >= 0.6 is 0 Å². The van der Waals surface area contributed by atoms with Gasteiger partial charge in [-0.2, -0.15) is 0 Å². The number of methoxy groups -OCH3 is 1. The molecule has 4 nitrogen and oxygen atoms in total. The number of hydrogen-bond acceptors (Lipinski definition) is 3. The van der Waals surface area contributed by atoms with Gasteiger partial charge in [0.05, 0.1) is 12.7 Å². The minimum atomic E-state index is -0.854. The second-order valence-electron chi connectivity index (χ2n) is 6.49. The van der Waals surface area contributed by atoms with Crippen LogP contribution < -0.4 is 10.5 Å². The molecular weight excluding hydrogens is 266 g/mol. The lowest BCUT2D eigenvalue weighted by molar-refractivity contribution is -0.120. The smallest absolute Gasteiger partial charge is 0.217 e. The zero-order valence-electron chi connectivity index (χ0n) is 12.5. The normalized spacial score (nSPS) is 26.0. The highest BCUT2D eigenvalue weighted by molar-refractivity contribution is 5.74. The van der Waals surface area contributed by atoms with Gasteiger partial charge in [-0.05, 0) is 42.5 Å². The Morgan fingerprint density at radius 2 is 2.10 bits per heavy atom. The van der Waals surface area contributed by atoms with Gasteiger partial charge in [-0.1, -0.05) is 18.9 Å². The number of benzene rings is 1. The lowest BCUT2D eigenvalue weighted by Gasteiger charge is -2.40. The second kappa shape index (κ2) is 5.02. The Kier molecular flexibility index (Phi) is 3.44. The molecule has 1 atom stereocenters. The highest BCUT2D eigenvalue weighted by atomic mass is 16.5. The van der Waals surface area contributed by atoms with Crippen molar-refractivity contribution < 1.29 is 14.6 Å². The minimum Gasteiger partial charge on any atom is -0.497 e. The number of ether oxygens (including phenoxy) is 1. The molecular formula is C17H23NO3. The molecule has 1 amide bonds. The van der Waals surface area contributed by atoms with Crippen molar-refractivity contribution in [3.05, 3.63) is 29.3 Å². The average molecular weight is 289 g/mol. The Morgan fingerprint density at radius 1 is 1.38 bits per heavy atom. The summed E-state index contributed by atoms with van der Waals surface area (Å²) in [5.41, 5.74) is 6.61. The Hall–Kier alpha value is -1.55. The van der Waals surface area contributed by atoms with E-state index in [0.717, 1.165) is 31.4 Å². The maximum Gasteiger partial charge on any atom is 0.217 e.